The number of nitrogens with zero attached hydrogens (tertiary/aromatic N) is 2. The van der Waals surface area contributed by atoms with E-state index in [1.165, 1.54) is 12.3 Å². The molecule has 1 heterocycles. The van der Waals surface area contributed by atoms with E-state index in [-0.39, 0.29) is 23.6 Å². The molecule has 0 aliphatic heterocycles. The Morgan fingerprint density at radius 2 is 1.77 bits per heavy atom. The molecule has 0 spiro atoms. The number of hydrogen-bond acceptors (Lipinski definition) is 4. The summed E-state index contributed by atoms with van der Waals surface area (Å²) in [6.45, 7) is 6.08. The molecule has 26 heavy (non-hydrogen) atoms. The normalized spacial score (nSPS) is 13.2. The lowest BCUT2D eigenvalue weighted by atomic mass is 10.2. The fourth-order valence-corrected chi connectivity index (χ4v) is 2.73. The molecule has 2 amide bonds. The van der Waals surface area contributed by atoms with Crippen molar-refractivity contribution in [2.24, 2.45) is 0 Å². The number of carbonyl (C=O) groups excluding carboxylic acids is 2. The van der Waals surface area contributed by atoms with Crippen molar-refractivity contribution in [2.75, 3.05) is 23.3 Å². The molecule has 3 rings (SSSR count). The van der Waals surface area contributed by atoms with E-state index in [0.29, 0.717) is 11.3 Å². The molecular weight excluding hydrogens is 328 g/mol. The molecule has 1 saturated carbocycles. The molecule has 0 unspecified atom stereocenters. The summed E-state index contributed by atoms with van der Waals surface area (Å²) in [5.41, 5.74) is 2.49. The van der Waals surface area contributed by atoms with Crippen LogP contribution < -0.4 is 15.5 Å². The quantitative estimate of drug-likeness (QED) is 0.803. The molecule has 2 aromatic rings. The van der Waals surface area contributed by atoms with Gasteiger partial charge in [-0.1, -0.05) is 0 Å². The smallest absolute Gasteiger partial charge is 0.274 e. The van der Waals surface area contributed by atoms with E-state index in [9.17, 15) is 9.59 Å². The van der Waals surface area contributed by atoms with Crippen LogP contribution in [0.2, 0.25) is 0 Å². The van der Waals surface area contributed by atoms with Crippen molar-refractivity contribution >= 4 is 23.2 Å². The molecule has 1 aromatic carbocycles. The predicted molar refractivity (Wildman–Crippen MR) is 103 cm³/mol. The van der Waals surface area contributed by atoms with Crippen LogP contribution in [0.4, 0.5) is 11.4 Å². The van der Waals surface area contributed by atoms with Gasteiger partial charge in [-0.3, -0.25) is 14.6 Å². The van der Waals surface area contributed by atoms with Gasteiger partial charge in [0.05, 0.1) is 0 Å². The van der Waals surface area contributed by atoms with Gasteiger partial charge in [0.1, 0.15) is 5.69 Å². The molecule has 136 valence electrons. The van der Waals surface area contributed by atoms with Gasteiger partial charge < -0.3 is 15.5 Å². The van der Waals surface area contributed by atoms with Crippen LogP contribution in [-0.2, 0) is 0 Å². The Morgan fingerprint density at radius 1 is 1.08 bits per heavy atom. The molecule has 0 radical (unpaired) electrons. The zero-order valence-electron chi connectivity index (χ0n) is 15.2. The molecule has 1 aromatic heterocycles. The largest absolute Gasteiger partial charge is 0.372 e. The van der Waals surface area contributed by atoms with E-state index >= 15 is 0 Å². The number of hydrogen-bond donors (Lipinski definition) is 2. The van der Waals surface area contributed by atoms with Gasteiger partial charge in [0.25, 0.3) is 11.8 Å². The standard InChI is InChI=1S/C20H24N4O2/c1-3-24(4-2)17-9-7-16(8-10-17)23-20(26)18-13-14(11-12-21-18)19(25)22-15-5-6-15/h7-13,15H,3-6H2,1-2H3,(H,22,25)(H,23,26). The molecular formula is C20H24N4O2. The molecule has 6 nitrogen and oxygen atoms in total. The van der Waals surface area contributed by atoms with Gasteiger partial charge in [0.15, 0.2) is 0 Å². The Hall–Kier alpha value is -2.89. The summed E-state index contributed by atoms with van der Waals surface area (Å²) in [6.07, 6.45) is 3.53. The molecule has 6 heteroatoms. The van der Waals surface area contributed by atoms with Gasteiger partial charge in [0.2, 0.25) is 0 Å². The van der Waals surface area contributed by atoms with Crippen LogP contribution in [0.15, 0.2) is 42.6 Å². The van der Waals surface area contributed by atoms with Gasteiger partial charge in [-0.05, 0) is 63.1 Å². The van der Waals surface area contributed by atoms with Crippen LogP contribution in [0.1, 0.15) is 47.5 Å². The number of benzene rings is 1. The molecule has 0 saturated heterocycles. The fraction of sp³-hybridized carbons (Fsp3) is 0.350. The molecule has 2 N–H and O–H groups in total. The second-order valence-corrected chi connectivity index (χ2v) is 6.35. The minimum absolute atomic E-state index is 0.160. The molecule has 1 aliphatic carbocycles. The van der Waals surface area contributed by atoms with E-state index in [1.807, 2.05) is 24.3 Å². The van der Waals surface area contributed by atoms with Gasteiger partial charge >= 0.3 is 0 Å². The number of aromatic nitrogens is 1. The Balaban J connectivity index is 1.66. The lowest BCUT2D eigenvalue weighted by Crippen LogP contribution is -2.26. The second-order valence-electron chi connectivity index (χ2n) is 6.35. The van der Waals surface area contributed by atoms with Crippen LogP contribution in [0.5, 0.6) is 0 Å². The van der Waals surface area contributed by atoms with E-state index < -0.39 is 0 Å². The number of pyridine rings is 1. The minimum atomic E-state index is -0.332. The van der Waals surface area contributed by atoms with E-state index in [1.54, 1.807) is 6.07 Å². The Labute approximate surface area is 153 Å². The maximum atomic E-state index is 12.4. The summed E-state index contributed by atoms with van der Waals surface area (Å²) in [5.74, 6) is -0.491. The van der Waals surface area contributed by atoms with E-state index in [4.69, 9.17) is 0 Å². The van der Waals surface area contributed by atoms with Gasteiger partial charge in [0, 0.05) is 42.3 Å². The summed E-state index contributed by atoms with van der Waals surface area (Å²) < 4.78 is 0. The lowest BCUT2D eigenvalue weighted by Gasteiger charge is -2.21. The lowest BCUT2D eigenvalue weighted by molar-refractivity contribution is 0.0951. The zero-order chi connectivity index (χ0) is 18.5. The van der Waals surface area contributed by atoms with Crippen LogP contribution in [-0.4, -0.2) is 35.9 Å². The third kappa shape index (κ3) is 4.39. The van der Waals surface area contributed by atoms with Gasteiger partial charge in [-0.15, -0.1) is 0 Å². The predicted octanol–water partition coefficient (Wildman–Crippen LogP) is 3.07. The van der Waals surface area contributed by atoms with Crippen LogP contribution in [0.3, 0.4) is 0 Å². The van der Waals surface area contributed by atoms with Crippen molar-refractivity contribution in [2.45, 2.75) is 32.7 Å². The van der Waals surface area contributed by atoms with Crippen molar-refractivity contribution in [3.63, 3.8) is 0 Å². The summed E-state index contributed by atoms with van der Waals surface area (Å²) in [6, 6.07) is 11.1. The highest BCUT2D eigenvalue weighted by molar-refractivity contribution is 6.04. The van der Waals surface area contributed by atoms with Gasteiger partial charge in [-0.2, -0.15) is 0 Å². The van der Waals surface area contributed by atoms with E-state index in [2.05, 4.69) is 34.4 Å². The highest BCUT2D eigenvalue weighted by Gasteiger charge is 2.24. The maximum absolute atomic E-state index is 12.4. The molecule has 1 aliphatic rings. The minimum Gasteiger partial charge on any atom is -0.372 e. The zero-order valence-corrected chi connectivity index (χ0v) is 15.2. The van der Waals surface area contributed by atoms with Crippen LogP contribution in [0, 0.1) is 0 Å². The van der Waals surface area contributed by atoms with Crippen molar-refractivity contribution in [3.8, 4) is 0 Å². The number of rotatable bonds is 7. The fourth-order valence-electron chi connectivity index (χ4n) is 2.73. The number of nitrogens with one attached hydrogen (secondary N) is 2. The number of amides is 2. The number of anilines is 2. The van der Waals surface area contributed by atoms with Crippen LogP contribution in [0.25, 0.3) is 0 Å². The van der Waals surface area contributed by atoms with Crippen molar-refractivity contribution in [1.29, 1.82) is 0 Å². The van der Waals surface area contributed by atoms with Crippen molar-refractivity contribution in [3.05, 3.63) is 53.9 Å². The first-order valence-corrected chi connectivity index (χ1v) is 9.04. The molecule has 1 fully saturated rings. The summed E-state index contributed by atoms with van der Waals surface area (Å²) >= 11 is 0. The first-order valence-electron chi connectivity index (χ1n) is 9.04. The highest BCUT2D eigenvalue weighted by atomic mass is 16.2. The van der Waals surface area contributed by atoms with Crippen LogP contribution >= 0.6 is 0 Å². The Bertz CT molecular complexity index is 781. The van der Waals surface area contributed by atoms with Crippen molar-refractivity contribution in [1.82, 2.24) is 10.3 Å². The number of carbonyl (C=O) groups is 2. The Morgan fingerprint density at radius 3 is 2.38 bits per heavy atom. The summed E-state index contributed by atoms with van der Waals surface area (Å²) in [5, 5.41) is 5.74. The monoisotopic (exact) mass is 352 g/mol. The Kier molecular flexibility index (Phi) is 5.51. The molecule has 0 atom stereocenters. The van der Waals surface area contributed by atoms with Gasteiger partial charge in [-0.25, -0.2) is 0 Å². The third-order valence-electron chi connectivity index (χ3n) is 4.42. The first-order chi connectivity index (χ1) is 12.6. The highest BCUT2D eigenvalue weighted by Crippen LogP contribution is 2.20. The second kappa shape index (κ2) is 7.99. The average Bonchev–Trinajstić information content (AvgIpc) is 3.48. The topological polar surface area (TPSA) is 74.3 Å². The average molecular weight is 352 g/mol. The summed E-state index contributed by atoms with van der Waals surface area (Å²) in [7, 11) is 0. The SMILES string of the molecule is CCN(CC)c1ccc(NC(=O)c2cc(C(=O)NC3CC3)ccn2)cc1. The van der Waals surface area contributed by atoms with E-state index in [0.717, 1.165) is 31.6 Å². The van der Waals surface area contributed by atoms with Crippen molar-refractivity contribution < 1.29 is 9.59 Å². The third-order valence-corrected chi connectivity index (χ3v) is 4.42. The first kappa shape index (κ1) is 17.9. The maximum Gasteiger partial charge on any atom is 0.274 e. The molecule has 0 bridgehead atoms. The summed E-state index contributed by atoms with van der Waals surface area (Å²) in [4.78, 5) is 30.9.